The van der Waals surface area contributed by atoms with Gasteiger partial charge in [-0.25, -0.2) is 4.79 Å². The lowest BCUT2D eigenvalue weighted by atomic mass is 9.95. The number of carboxylic acids is 1. The highest BCUT2D eigenvalue weighted by molar-refractivity contribution is 6.41. The van der Waals surface area contributed by atoms with Crippen molar-refractivity contribution in [2.75, 3.05) is 13.6 Å². The molecule has 0 fully saturated rings. The van der Waals surface area contributed by atoms with E-state index in [0.717, 1.165) is 11.1 Å². The van der Waals surface area contributed by atoms with Crippen LogP contribution in [0.1, 0.15) is 50.2 Å². The lowest BCUT2D eigenvalue weighted by Crippen LogP contribution is -2.42. The Balaban J connectivity index is 1.44. The summed E-state index contributed by atoms with van der Waals surface area (Å²) in [5.41, 5.74) is 2.45. The fourth-order valence-electron chi connectivity index (χ4n) is 4.72. The minimum atomic E-state index is -1.35. The van der Waals surface area contributed by atoms with Crippen molar-refractivity contribution in [2.45, 2.75) is 38.4 Å². The van der Waals surface area contributed by atoms with Gasteiger partial charge in [-0.3, -0.25) is 14.4 Å². The molecule has 1 atom stereocenters. The van der Waals surface area contributed by atoms with Crippen LogP contribution in [0.4, 0.5) is 0 Å². The molecule has 8 nitrogen and oxygen atoms in total. The SMILES string of the molecule is CN(Cc1ccccc1)C(=O)CC[C@H](NC(=O)c1c(Cl)cc2c(c1Cl)CCN(Cc1cccc(Cl)c1)C2=O)C(=O)O. The molecule has 3 amide bonds. The zero-order valence-electron chi connectivity index (χ0n) is 22.2. The van der Waals surface area contributed by atoms with Gasteiger partial charge in [0.1, 0.15) is 6.04 Å². The quantitative estimate of drug-likeness (QED) is 0.314. The number of fused-ring (bicyclic) bond motifs is 1. The number of benzene rings is 3. The van der Waals surface area contributed by atoms with Crippen LogP contribution in [0.15, 0.2) is 60.7 Å². The van der Waals surface area contributed by atoms with Crippen LogP contribution in [0.5, 0.6) is 0 Å². The van der Waals surface area contributed by atoms with Gasteiger partial charge in [0.2, 0.25) is 5.91 Å². The first-order valence-electron chi connectivity index (χ1n) is 12.9. The van der Waals surface area contributed by atoms with E-state index < -0.39 is 17.9 Å². The zero-order valence-corrected chi connectivity index (χ0v) is 24.5. The minimum Gasteiger partial charge on any atom is -0.480 e. The first-order chi connectivity index (χ1) is 19.5. The molecule has 214 valence electrons. The Hall–Kier alpha value is -3.59. The van der Waals surface area contributed by atoms with Crippen LogP contribution in [0, 0.1) is 0 Å². The van der Waals surface area contributed by atoms with Gasteiger partial charge in [-0.05, 0) is 47.7 Å². The number of nitrogens with one attached hydrogen (secondary N) is 1. The molecule has 1 aliphatic rings. The van der Waals surface area contributed by atoms with Crippen molar-refractivity contribution in [3.8, 4) is 0 Å². The Morgan fingerprint density at radius 1 is 1.02 bits per heavy atom. The molecular weight excluding hydrogens is 589 g/mol. The van der Waals surface area contributed by atoms with Gasteiger partial charge in [-0.1, -0.05) is 77.3 Å². The van der Waals surface area contributed by atoms with Crippen molar-refractivity contribution < 1.29 is 24.3 Å². The third-order valence-electron chi connectivity index (χ3n) is 6.90. The molecule has 2 N–H and O–H groups in total. The van der Waals surface area contributed by atoms with E-state index in [1.54, 1.807) is 24.1 Å². The van der Waals surface area contributed by atoms with Crippen molar-refractivity contribution in [2.24, 2.45) is 0 Å². The molecule has 1 aliphatic heterocycles. The summed E-state index contributed by atoms with van der Waals surface area (Å²) >= 11 is 19.1. The lowest BCUT2D eigenvalue weighted by Gasteiger charge is -2.30. The number of nitrogens with zero attached hydrogens (tertiary/aromatic N) is 2. The number of hydrogen-bond acceptors (Lipinski definition) is 4. The minimum absolute atomic E-state index is 0.00330. The first kappa shape index (κ1) is 30.4. The highest BCUT2D eigenvalue weighted by Gasteiger charge is 2.32. The average molecular weight is 617 g/mol. The standard InChI is InChI=1S/C30H28Cl3N3O5/c1-35(16-18-6-3-2-4-7-18)25(37)11-10-24(30(40)41)34-28(38)26-23(32)15-22-21(27(26)33)12-13-36(29(22)39)17-19-8-5-9-20(31)14-19/h2-9,14-15,24H,10-13,16-17H2,1H3,(H,34,38)(H,40,41)/t24-/m0/s1. The molecule has 0 radical (unpaired) electrons. The molecule has 11 heteroatoms. The second-order valence-electron chi connectivity index (χ2n) is 9.82. The largest absolute Gasteiger partial charge is 0.480 e. The van der Waals surface area contributed by atoms with Crippen LogP contribution in [0.2, 0.25) is 15.1 Å². The molecule has 41 heavy (non-hydrogen) atoms. The van der Waals surface area contributed by atoms with Gasteiger partial charge in [0.15, 0.2) is 0 Å². The van der Waals surface area contributed by atoms with Crippen molar-refractivity contribution >= 4 is 58.5 Å². The third kappa shape index (κ3) is 7.38. The van der Waals surface area contributed by atoms with Crippen LogP contribution >= 0.6 is 34.8 Å². The second-order valence-corrected chi connectivity index (χ2v) is 11.0. The molecule has 3 aromatic rings. The van der Waals surface area contributed by atoms with Gasteiger partial charge in [0, 0.05) is 43.7 Å². The average Bonchev–Trinajstić information content (AvgIpc) is 2.93. The summed E-state index contributed by atoms with van der Waals surface area (Å²) < 4.78 is 0. The van der Waals surface area contributed by atoms with Gasteiger partial charge in [-0.15, -0.1) is 0 Å². The van der Waals surface area contributed by atoms with Gasteiger partial charge in [0.05, 0.1) is 15.6 Å². The maximum Gasteiger partial charge on any atom is 0.326 e. The van der Waals surface area contributed by atoms with Gasteiger partial charge >= 0.3 is 5.97 Å². The molecule has 3 aromatic carbocycles. The highest BCUT2D eigenvalue weighted by Crippen LogP contribution is 2.35. The molecule has 4 rings (SSSR count). The molecule has 0 aromatic heterocycles. The number of rotatable bonds is 10. The molecule has 1 heterocycles. The van der Waals surface area contributed by atoms with E-state index in [2.05, 4.69) is 5.32 Å². The molecule has 0 saturated carbocycles. The van der Waals surface area contributed by atoms with Crippen LogP contribution in [0.25, 0.3) is 0 Å². The number of aliphatic carboxylic acids is 1. The van der Waals surface area contributed by atoms with Crippen molar-refractivity contribution in [3.63, 3.8) is 0 Å². The first-order valence-corrected chi connectivity index (χ1v) is 14.0. The van der Waals surface area contributed by atoms with E-state index in [1.807, 2.05) is 42.5 Å². The van der Waals surface area contributed by atoms with Crippen LogP contribution in [-0.2, 0) is 29.1 Å². The Morgan fingerprint density at radius 3 is 2.41 bits per heavy atom. The summed E-state index contributed by atoms with van der Waals surface area (Å²) in [6.07, 6.45) is 0.155. The summed E-state index contributed by atoms with van der Waals surface area (Å²) in [5, 5.41) is 12.7. The molecule has 0 unspecified atom stereocenters. The fraction of sp³-hybridized carbons (Fsp3) is 0.267. The summed E-state index contributed by atoms with van der Waals surface area (Å²) in [4.78, 5) is 54.1. The summed E-state index contributed by atoms with van der Waals surface area (Å²) in [5.74, 6) is -2.65. The van der Waals surface area contributed by atoms with Crippen molar-refractivity contribution in [1.82, 2.24) is 15.1 Å². The molecule has 0 bridgehead atoms. The molecule has 0 aliphatic carbocycles. The van der Waals surface area contributed by atoms with Gasteiger partial charge in [-0.2, -0.15) is 0 Å². The predicted octanol–water partition coefficient (Wildman–Crippen LogP) is 5.47. The van der Waals surface area contributed by atoms with Crippen molar-refractivity contribution in [3.05, 3.63) is 104 Å². The van der Waals surface area contributed by atoms with Gasteiger partial charge in [0.25, 0.3) is 11.8 Å². The number of carbonyl (C=O) groups is 4. The van der Waals surface area contributed by atoms with Crippen LogP contribution in [0.3, 0.4) is 0 Å². The number of halogens is 3. The van der Waals surface area contributed by atoms with E-state index >= 15 is 0 Å². The number of carboxylic acid groups (broad SMARTS) is 1. The Bertz CT molecular complexity index is 1480. The number of amides is 3. The maximum absolute atomic E-state index is 13.2. The summed E-state index contributed by atoms with van der Waals surface area (Å²) in [6.45, 7) is 1.08. The van der Waals surface area contributed by atoms with Crippen LogP contribution in [-0.4, -0.2) is 58.2 Å². The molecule has 0 saturated heterocycles. The highest BCUT2D eigenvalue weighted by atomic mass is 35.5. The number of hydrogen-bond donors (Lipinski definition) is 2. The van der Waals surface area contributed by atoms with Gasteiger partial charge < -0.3 is 20.2 Å². The molecular formula is C30H28Cl3N3O5. The molecule has 0 spiro atoms. The van der Waals surface area contributed by atoms with Crippen LogP contribution < -0.4 is 5.32 Å². The third-order valence-corrected chi connectivity index (χ3v) is 7.85. The van der Waals surface area contributed by atoms with Crippen molar-refractivity contribution in [1.29, 1.82) is 0 Å². The summed E-state index contributed by atoms with van der Waals surface area (Å²) in [6, 6.07) is 16.6. The van der Waals surface area contributed by atoms with E-state index in [9.17, 15) is 24.3 Å². The second kappa shape index (κ2) is 13.4. The Morgan fingerprint density at radius 2 is 1.73 bits per heavy atom. The predicted molar refractivity (Wildman–Crippen MR) is 157 cm³/mol. The smallest absolute Gasteiger partial charge is 0.326 e. The Labute approximate surface area is 252 Å². The number of carbonyl (C=O) groups excluding carboxylic acids is 3. The normalized spacial score (nSPS) is 13.4. The maximum atomic E-state index is 13.2. The van der Waals surface area contributed by atoms with E-state index in [0.29, 0.717) is 36.6 Å². The van der Waals surface area contributed by atoms with E-state index in [-0.39, 0.29) is 45.8 Å². The fourth-order valence-corrected chi connectivity index (χ4v) is 5.66. The topological polar surface area (TPSA) is 107 Å². The zero-order chi connectivity index (χ0) is 29.7. The summed E-state index contributed by atoms with van der Waals surface area (Å²) in [7, 11) is 1.63. The van der Waals surface area contributed by atoms with E-state index in [4.69, 9.17) is 34.8 Å². The Kier molecular flexibility index (Phi) is 9.91. The monoisotopic (exact) mass is 615 g/mol. The van der Waals surface area contributed by atoms with E-state index in [1.165, 1.54) is 11.0 Å². The lowest BCUT2D eigenvalue weighted by molar-refractivity contribution is -0.139.